The summed E-state index contributed by atoms with van der Waals surface area (Å²) in [6.45, 7) is 6.47. The van der Waals surface area contributed by atoms with E-state index >= 15 is 0 Å². The molecule has 89 valence electrons. The van der Waals surface area contributed by atoms with Crippen molar-refractivity contribution in [1.29, 1.82) is 0 Å². The molecule has 1 aromatic carbocycles. The molecule has 0 aliphatic carbocycles. The molecular formula is C13H20NO2. The predicted molar refractivity (Wildman–Crippen MR) is 64.8 cm³/mol. The van der Waals surface area contributed by atoms with Gasteiger partial charge in [0.05, 0.1) is 13.2 Å². The molecule has 0 heterocycles. The first-order chi connectivity index (χ1) is 7.75. The van der Waals surface area contributed by atoms with Crippen molar-refractivity contribution in [2.75, 3.05) is 26.3 Å². The Morgan fingerprint density at radius 1 is 1.25 bits per heavy atom. The van der Waals surface area contributed by atoms with Gasteiger partial charge in [-0.3, -0.25) is 0 Å². The number of aliphatic hydroxyl groups is 1. The highest BCUT2D eigenvalue weighted by atomic mass is 16.5. The van der Waals surface area contributed by atoms with Gasteiger partial charge in [0.2, 0.25) is 0 Å². The number of hydrogen-bond donors (Lipinski definition) is 2. The second kappa shape index (κ2) is 7.25. The highest BCUT2D eigenvalue weighted by molar-refractivity contribution is 5.39. The first kappa shape index (κ1) is 13.0. The lowest BCUT2D eigenvalue weighted by Crippen LogP contribution is -2.21. The third-order valence-corrected chi connectivity index (χ3v) is 2.35. The van der Waals surface area contributed by atoms with Gasteiger partial charge in [-0.2, -0.15) is 0 Å². The molecule has 0 fully saturated rings. The van der Waals surface area contributed by atoms with Gasteiger partial charge in [0.15, 0.2) is 0 Å². The van der Waals surface area contributed by atoms with Gasteiger partial charge >= 0.3 is 0 Å². The van der Waals surface area contributed by atoms with Crippen LogP contribution in [0.1, 0.15) is 17.5 Å². The maximum Gasteiger partial charge on any atom is 0.125 e. The van der Waals surface area contributed by atoms with Gasteiger partial charge in [0, 0.05) is 6.54 Å². The van der Waals surface area contributed by atoms with Gasteiger partial charge in [-0.15, -0.1) is 0 Å². The average Bonchev–Trinajstić information content (AvgIpc) is 2.26. The SMILES string of the molecule is Cc1c[c]cc(C)c1OCCCNCCO. The van der Waals surface area contributed by atoms with Crippen LogP contribution in [0.2, 0.25) is 0 Å². The highest BCUT2D eigenvalue weighted by Crippen LogP contribution is 2.21. The monoisotopic (exact) mass is 222 g/mol. The second-order valence-corrected chi connectivity index (χ2v) is 3.83. The zero-order valence-electron chi connectivity index (χ0n) is 10.0. The highest BCUT2D eigenvalue weighted by Gasteiger charge is 2.02. The predicted octanol–water partition coefficient (Wildman–Crippen LogP) is 1.45. The molecule has 0 aliphatic heterocycles. The van der Waals surface area contributed by atoms with Crippen LogP contribution in [0.4, 0.5) is 0 Å². The number of benzene rings is 1. The van der Waals surface area contributed by atoms with E-state index in [4.69, 9.17) is 9.84 Å². The Morgan fingerprint density at radius 2 is 1.94 bits per heavy atom. The van der Waals surface area contributed by atoms with Crippen molar-refractivity contribution in [2.24, 2.45) is 0 Å². The number of rotatable bonds is 7. The fourth-order valence-corrected chi connectivity index (χ4v) is 1.54. The summed E-state index contributed by atoms with van der Waals surface area (Å²) in [6, 6.07) is 6.94. The van der Waals surface area contributed by atoms with Gasteiger partial charge in [0.1, 0.15) is 5.75 Å². The van der Waals surface area contributed by atoms with Crippen molar-refractivity contribution in [3.05, 3.63) is 29.3 Å². The third kappa shape index (κ3) is 4.21. The van der Waals surface area contributed by atoms with E-state index < -0.39 is 0 Å². The van der Waals surface area contributed by atoms with Gasteiger partial charge in [-0.1, -0.05) is 0 Å². The number of aliphatic hydroxyl groups excluding tert-OH is 1. The minimum atomic E-state index is 0.188. The normalized spacial score (nSPS) is 10.4. The molecule has 2 N–H and O–H groups in total. The molecule has 0 bridgehead atoms. The molecule has 0 saturated carbocycles. The molecule has 1 radical (unpaired) electrons. The van der Waals surface area contributed by atoms with Crippen molar-refractivity contribution in [2.45, 2.75) is 20.3 Å². The summed E-state index contributed by atoms with van der Waals surface area (Å²) >= 11 is 0. The molecule has 0 spiro atoms. The lowest BCUT2D eigenvalue weighted by Gasteiger charge is -2.11. The number of ether oxygens (including phenoxy) is 1. The molecule has 0 saturated heterocycles. The average molecular weight is 222 g/mol. The summed E-state index contributed by atoms with van der Waals surface area (Å²) in [7, 11) is 0. The van der Waals surface area contributed by atoms with E-state index in [1.807, 2.05) is 26.0 Å². The molecule has 1 aromatic rings. The van der Waals surface area contributed by atoms with E-state index in [0.29, 0.717) is 13.2 Å². The smallest absolute Gasteiger partial charge is 0.125 e. The molecule has 16 heavy (non-hydrogen) atoms. The Labute approximate surface area is 97.4 Å². The van der Waals surface area contributed by atoms with Crippen LogP contribution in [0.25, 0.3) is 0 Å². The Morgan fingerprint density at radius 3 is 2.56 bits per heavy atom. The van der Waals surface area contributed by atoms with E-state index in [1.54, 1.807) is 0 Å². The Kier molecular flexibility index (Phi) is 5.90. The first-order valence-corrected chi connectivity index (χ1v) is 5.67. The second-order valence-electron chi connectivity index (χ2n) is 3.83. The molecule has 0 amide bonds. The third-order valence-electron chi connectivity index (χ3n) is 2.35. The van der Waals surface area contributed by atoms with Crippen molar-refractivity contribution in [3.63, 3.8) is 0 Å². The minimum Gasteiger partial charge on any atom is -0.493 e. The maximum atomic E-state index is 8.58. The van der Waals surface area contributed by atoms with Crippen LogP contribution in [0.15, 0.2) is 12.1 Å². The maximum absolute atomic E-state index is 8.58. The summed E-state index contributed by atoms with van der Waals surface area (Å²) in [4.78, 5) is 0. The fraction of sp³-hybridized carbons (Fsp3) is 0.538. The van der Waals surface area contributed by atoms with Crippen LogP contribution in [0.5, 0.6) is 5.75 Å². The van der Waals surface area contributed by atoms with E-state index in [1.165, 1.54) is 0 Å². The number of nitrogens with one attached hydrogen (secondary N) is 1. The molecule has 0 aliphatic rings. The van der Waals surface area contributed by atoms with Crippen LogP contribution in [0, 0.1) is 19.9 Å². The van der Waals surface area contributed by atoms with Crippen LogP contribution in [-0.2, 0) is 0 Å². The van der Waals surface area contributed by atoms with E-state index in [0.717, 1.165) is 29.8 Å². The number of hydrogen-bond acceptors (Lipinski definition) is 3. The zero-order chi connectivity index (χ0) is 11.8. The standard InChI is InChI=1S/C13H20NO2/c1-11-5-3-6-12(2)13(11)16-10-4-7-14-8-9-15/h5-6,14-15H,4,7-10H2,1-2H3. The zero-order valence-corrected chi connectivity index (χ0v) is 10.0. The van der Waals surface area contributed by atoms with E-state index in [-0.39, 0.29) is 6.61 Å². The van der Waals surface area contributed by atoms with Gasteiger partial charge in [-0.25, -0.2) is 0 Å². The lowest BCUT2D eigenvalue weighted by atomic mass is 10.1. The van der Waals surface area contributed by atoms with E-state index in [9.17, 15) is 0 Å². The molecule has 1 rings (SSSR count). The molecule has 0 aromatic heterocycles. The summed E-state index contributed by atoms with van der Waals surface area (Å²) < 4.78 is 5.73. The largest absolute Gasteiger partial charge is 0.493 e. The number of aryl methyl sites for hydroxylation is 2. The van der Waals surface area contributed by atoms with Crippen LogP contribution < -0.4 is 10.1 Å². The van der Waals surface area contributed by atoms with Gasteiger partial charge < -0.3 is 15.2 Å². The van der Waals surface area contributed by atoms with Crippen molar-refractivity contribution >= 4 is 0 Å². The first-order valence-electron chi connectivity index (χ1n) is 5.67. The Balaban J connectivity index is 2.26. The quantitative estimate of drug-likeness (QED) is 0.686. The Bertz CT molecular complexity index is 293. The molecule has 3 nitrogen and oxygen atoms in total. The summed E-state index contributed by atoms with van der Waals surface area (Å²) in [5.41, 5.74) is 2.26. The molecule has 0 unspecified atom stereocenters. The van der Waals surface area contributed by atoms with E-state index in [2.05, 4.69) is 11.4 Å². The fourth-order valence-electron chi connectivity index (χ4n) is 1.54. The molecule has 3 heteroatoms. The van der Waals surface area contributed by atoms with Crippen molar-refractivity contribution in [1.82, 2.24) is 5.32 Å². The Hall–Kier alpha value is -1.06. The van der Waals surface area contributed by atoms with Gasteiger partial charge in [-0.05, 0) is 56.1 Å². The van der Waals surface area contributed by atoms with Gasteiger partial charge in [0.25, 0.3) is 0 Å². The van der Waals surface area contributed by atoms with Crippen LogP contribution in [0.3, 0.4) is 0 Å². The van der Waals surface area contributed by atoms with Crippen LogP contribution >= 0.6 is 0 Å². The van der Waals surface area contributed by atoms with Crippen molar-refractivity contribution < 1.29 is 9.84 Å². The van der Waals surface area contributed by atoms with Crippen LogP contribution in [-0.4, -0.2) is 31.4 Å². The summed E-state index contributed by atoms with van der Waals surface area (Å²) in [5.74, 6) is 0.973. The summed E-state index contributed by atoms with van der Waals surface area (Å²) in [6.07, 6.45) is 0.942. The summed E-state index contributed by atoms with van der Waals surface area (Å²) in [5, 5.41) is 11.7. The molecular weight excluding hydrogens is 202 g/mol. The molecule has 0 atom stereocenters. The van der Waals surface area contributed by atoms with Crippen molar-refractivity contribution in [3.8, 4) is 5.75 Å². The topological polar surface area (TPSA) is 41.5 Å². The minimum absolute atomic E-state index is 0.188. The lowest BCUT2D eigenvalue weighted by molar-refractivity contribution is 0.281.